The lowest BCUT2D eigenvalue weighted by molar-refractivity contribution is 0.813. The van der Waals surface area contributed by atoms with Gasteiger partial charge >= 0.3 is 0 Å². The van der Waals surface area contributed by atoms with Crippen LogP contribution >= 0.6 is 15.9 Å². The second kappa shape index (κ2) is 5.49. The number of hydrogen-bond acceptors (Lipinski definition) is 2. The number of allylic oxidation sites excluding steroid dienone is 1. The average Bonchev–Trinajstić information content (AvgIpc) is 2.48. The molecule has 1 aliphatic heterocycles. The second-order valence-corrected chi connectivity index (χ2v) is 5.38. The molecule has 19 heavy (non-hydrogen) atoms. The van der Waals surface area contributed by atoms with Gasteiger partial charge in [0.05, 0.1) is 12.2 Å². The average molecular weight is 313 g/mol. The van der Waals surface area contributed by atoms with Gasteiger partial charge in [-0.2, -0.15) is 0 Å². The van der Waals surface area contributed by atoms with Gasteiger partial charge in [0, 0.05) is 27.9 Å². The first-order chi connectivity index (χ1) is 9.33. The van der Waals surface area contributed by atoms with Gasteiger partial charge in [-0.25, -0.2) is 0 Å². The molecule has 1 unspecified atom stereocenters. The molecule has 0 N–H and O–H groups in total. The van der Waals surface area contributed by atoms with Gasteiger partial charge in [0.15, 0.2) is 0 Å². The Kier molecular flexibility index (Phi) is 3.56. The largest absolute Gasteiger partial charge is 0.292 e. The van der Waals surface area contributed by atoms with E-state index in [9.17, 15) is 0 Å². The lowest BCUT2D eigenvalue weighted by atomic mass is 10.0. The first-order valence-corrected chi connectivity index (χ1v) is 7.02. The highest BCUT2D eigenvalue weighted by Crippen LogP contribution is 2.24. The molecule has 0 radical (unpaired) electrons. The Hall–Kier alpha value is -1.74. The molecule has 3 heteroatoms. The van der Waals surface area contributed by atoms with E-state index in [4.69, 9.17) is 4.98 Å². The van der Waals surface area contributed by atoms with Crippen molar-refractivity contribution < 1.29 is 0 Å². The summed E-state index contributed by atoms with van der Waals surface area (Å²) in [4.78, 5) is 9.05. The Balaban J connectivity index is 1.96. The quantitative estimate of drug-likeness (QED) is 0.814. The van der Waals surface area contributed by atoms with Crippen LogP contribution in [-0.4, -0.2) is 17.7 Å². The maximum Gasteiger partial charge on any atom is 0.0705 e. The number of nitrogens with zero attached hydrogens (tertiary/aromatic N) is 2. The maximum absolute atomic E-state index is 4.76. The molecular weight excluding hydrogens is 300 g/mol. The van der Waals surface area contributed by atoms with E-state index in [1.54, 1.807) is 0 Å². The van der Waals surface area contributed by atoms with Gasteiger partial charge in [-0.3, -0.25) is 9.98 Å². The van der Waals surface area contributed by atoms with Gasteiger partial charge < -0.3 is 0 Å². The molecule has 1 aromatic carbocycles. The van der Waals surface area contributed by atoms with Crippen LogP contribution in [-0.2, 0) is 0 Å². The summed E-state index contributed by atoms with van der Waals surface area (Å²) in [6, 6.07) is 14.4. The lowest BCUT2D eigenvalue weighted by Gasteiger charge is -2.13. The number of aliphatic imine (C=N–C) groups is 1. The van der Waals surface area contributed by atoms with E-state index >= 15 is 0 Å². The number of hydrogen-bond donors (Lipinski definition) is 0. The number of aromatic nitrogens is 1. The smallest absolute Gasteiger partial charge is 0.0705 e. The molecule has 1 atom stereocenters. The SMILES string of the molecule is Brc1cccc(-c2cccc(C3C=CC=NC3)n2)c1. The summed E-state index contributed by atoms with van der Waals surface area (Å²) in [6.45, 7) is 0.783. The summed E-state index contributed by atoms with van der Waals surface area (Å²) >= 11 is 3.50. The van der Waals surface area contributed by atoms with Crippen molar-refractivity contribution >= 4 is 22.1 Å². The van der Waals surface area contributed by atoms with Gasteiger partial charge in [-0.1, -0.05) is 40.2 Å². The molecule has 2 heterocycles. The zero-order chi connectivity index (χ0) is 13.1. The highest BCUT2D eigenvalue weighted by Gasteiger charge is 2.11. The Morgan fingerprint density at radius 1 is 1.11 bits per heavy atom. The molecule has 2 aromatic rings. The fraction of sp³-hybridized carbons (Fsp3) is 0.125. The molecule has 0 saturated heterocycles. The highest BCUT2D eigenvalue weighted by atomic mass is 79.9. The van der Waals surface area contributed by atoms with Gasteiger partial charge in [0.25, 0.3) is 0 Å². The third-order valence-corrected chi connectivity index (χ3v) is 3.60. The van der Waals surface area contributed by atoms with E-state index in [0.717, 1.165) is 28.0 Å². The molecule has 1 aliphatic rings. The second-order valence-electron chi connectivity index (χ2n) is 4.46. The molecule has 0 bridgehead atoms. The van der Waals surface area contributed by atoms with E-state index in [1.165, 1.54) is 0 Å². The summed E-state index contributed by atoms with van der Waals surface area (Å²) in [5.41, 5.74) is 3.20. The molecule has 0 aliphatic carbocycles. The van der Waals surface area contributed by atoms with Crippen LogP contribution in [0, 0.1) is 0 Å². The van der Waals surface area contributed by atoms with Crippen LogP contribution < -0.4 is 0 Å². The van der Waals surface area contributed by atoms with Crippen molar-refractivity contribution in [3.05, 3.63) is 64.8 Å². The topological polar surface area (TPSA) is 25.2 Å². The summed E-state index contributed by atoms with van der Waals surface area (Å²) < 4.78 is 1.07. The van der Waals surface area contributed by atoms with E-state index in [2.05, 4.69) is 51.3 Å². The zero-order valence-electron chi connectivity index (χ0n) is 10.3. The summed E-state index contributed by atoms with van der Waals surface area (Å²) in [5.74, 6) is 0.289. The van der Waals surface area contributed by atoms with E-state index < -0.39 is 0 Å². The number of halogens is 1. The van der Waals surface area contributed by atoms with Crippen molar-refractivity contribution in [1.82, 2.24) is 4.98 Å². The molecule has 2 nitrogen and oxygen atoms in total. The summed E-state index contributed by atoms with van der Waals surface area (Å²) in [6.07, 6.45) is 5.98. The van der Waals surface area contributed by atoms with E-state index in [1.807, 2.05) is 30.5 Å². The van der Waals surface area contributed by atoms with E-state index in [-0.39, 0.29) is 5.92 Å². The van der Waals surface area contributed by atoms with Crippen molar-refractivity contribution in [2.24, 2.45) is 4.99 Å². The van der Waals surface area contributed by atoms with Crippen molar-refractivity contribution in [2.75, 3.05) is 6.54 Å². The highest BCUT2D eigenvalue weighted by molar-refractivity contribution is 9.10. The zero-order valence-corrected chi connectivity index (χ0v) is 11.9. The molecule has 1 aromatic heterocycles. The third kappa shape index (κ3) is 2.82. The predicted octanol–water partition coefficient (Wildman–Crippen LogP) is 4.24. The molecule has 3 rings (SSSR count). The first-order valence-electron chi connectivity index (χ1n) is 6.22. The maximum atomic E-state index is 4.76. The van der Waals surface area contributed by atoms with Crippen LogP contribution in [0.1, 0.15) is 11.6 Å². The molecule has 0 spiro atoms. The minimum absolute atomic E-state index is 0.289. The van der Waals surface area contributed by atoms with E-state index in [0.29, 0.717) is 0 Å². The lowest BCUT2D eigenvalue weighted by Crippen LogP contribution is -2.05. The Bertz CT molecular complexity index is 647. The normalized spacial score (nSPS) is 17.6. The van der Waals surface area contributed by atoms with Crippen LogP contribution in [0.15, 0.2) is 64.1 Å². The fourth-order valence-electron chi connectivity index (χ4n) is 2.14. The Labute approximate surface area is 121 Å². The molecule has 94 valence electrons. The predicted molar refractivity (Wildman–Crippen MR) is 82.6 cm³/mol. The van der Waals surface area contributed by atoms with Crippen LogP contribution in [0.4, 0.5) is 0 Å². The first kappa shape index (κ1) is 12.3. The monoisotopic (exact) mass is 312 g/mol. The van der Waals surface area contributed by atoms with Crippen LogP contribution in [0.25, 0.3) is 11.3 Å². The van der Waals surface area contributed by atoms with Crippen LogP contribution in [0.5, 0.6) is 0 Å². The Morgan fingerprint density at radius 3 is 2.79 bits per heavy atom. The summed E-state index contributed by atoms with van der Waals surface area (Å²) in [5, 5.41) is 0. The van der Waals surface area contributed by atoms with Gasteiger partial charge in [0.2, 0.25) is 0 Å². The fourth-order valence-corrected chi connectivity index (χ4v) is 2.54. The number of benzene rings is 1. The van der Waals surface area contributed by atoms with Crippen LogP contribution in [0.2, 0.25) is 0 Å². The summed E-state index contributed by atoms with van der Waals surface area (Å²) in [7, 11) is 0. The van der Waals surface area contributed by atoms with Gasteiger partial charge in [-0.05, 0) is 30.3 Å². The molecule has 0 amide bonds. The minimum Gasteiger partial charge on any atom is -0.292 e. The minimum atomic E-state index is 0.289. The van der Waals surface area contributed by atoms with Crippen molar-refractivity contribution in [3.8, 4) is 11.3 Å². The van der Waals surface area contributed by atoms with Gasteiger partial charge in [-0.15, -0.1) is 0 Å². The molecular formula is C16H13BrN2. The molecule has 0 saturated carbocycles. The van der Waals surface area contributed by atoms with Gasteiger partial charge in [0.1, 0.15) is 0 Å². The van der Waals surface area contributed by atoms with Crippen molar-refractivity contribution in [1.29, 1.82) is 0 Å². The van der Waals surface area contributed by atoms with Crippen LogP contribution in [0.3, 0.4) is 0 Å². The molecule has 0 fully saturated rings. The number of rotatable bonds is 2. The van der Waals surface area contributed by atoms with Crippen molar-refractivity contribution in [3.63, 3.8) is 0 Å². The van der Waals surface area contributed by atoms with Crippen molar-refractivity contribution in [2.45, 2.75) is 5.92 Å². The number of dihydropyridines is 1. The standard InChI is InChI=1S/C16H13BrN2/c17-14-6-1-4-12(10-14)15-7-2-8-16(19-15)13-5-3-9-18-11-13/h1-10,13H,11H2. The number of pyridine rings is 1. The third-order valence-electron chi connectivity index (χ3n) is 3.11. The Morgan fingerprint density at radius 2 is 2.00 bits per heavy atom.